The Hall–Kier alpha value is -0.0451. The van der Waals surface area contributed by atoms with Crippen molar-refractivity contribution in [2.45, 2.75) is 84.1 Å². The lowest BCUT2D eigenvalue weighted by Crippen LogP contribution is -2.44. The summed E-state index contributed by atoms with van der Waals surface area (Å²) in [5.41, 5.74) is 0. The molecule has 2 aliphatic rings. The van der Waals surface area contributed by atoms with E-state index >= 15 is 0 Å². The molecule has 1 aliphatic heterocycles. The van der Waals surface area contributed by atoms with Crippen LogP contribution >= 0.6 is 12.2 Å². The second-order valence-corrected chi connectivity index (χ2v) is 8.10. The van der Waals surface area contributed by atoms with E-state index in [0.29, 0.717) is 29.8 Å². The lowest BCUT2D eigenvalue weighted by atomic mass is 9.49. The Morgan fingerprint density at radius 3 is 2.45 bits per heavy atom. The fourth-order valence-electron chi connectivity index (χ4n) is 4.59. The summed E-state index contributed by atoms with van der Waals surface area (Å²) in [6.45, 7) is 11.5. The third-order valence-corrected chi connectivity index (χ3v) is 6.41. The molecule has 0 aromatic carbocycles. The van der Waals surface area contributed by atoms with Gasteiger partial charge in [0.15, 0.2) is 0 Å². The zero-order valence-corrected chi connectivity index (χ0v) is 14.7. The Kier molecular flexibility index (Phi) is 4.89. The van der Waals surface area contributed by atoms with E-state index in [-0.39, 0.29) is 5.31 Å². The largest absolute Gasteiger partial charge is 0.360 e. The Bertz CT molecular complexity index is 368. The van der Waals surface area contributed by atoms with Crippen molar-refractivity contribution in [3.8, 4) is 0 Å². The number of hydrogen-bond acceptors (Lipinski definition) is 1. The maximum absolute atomic E-state index is 6.88. The molecule has 1 saturated heterocycles. The summed E-state index contributed by atoms with van der Waals surface area (Å²) in [6, 6.07) is 1.15. The number of likely N-dealkylation sites (tertiary alicyclic amines) is 1. The summed E-state index contributed by atoms with van der Waals surface area (Å²) in [6.07, 6.45) is 6.10. The Labute approximate surface area is 132 Å². The molecule has 1 heterocycles. The molecular weight excluding hydrogens is 261 g/mol. The third kappa shape index (κ3) is 2.67. The average molecular weight is 291 g/mol. The predicted octanol–water partition coefficient (Wildman–Crippen LogP) is 4.61. The minimum atomic E-state index is -0.0219. The molecule has 1 nitrogen and oxygen atoms in total. The van der Waals surface area contributed by atoms with E-state index in [0.717, 1.165) is 6.42 Å². The van der Waals surface area contributed by atoms with Crippen molar-refractivity contribution in [3.63, 3.8) is 0 Å². The zero-order chi connectivity index (χ0) is 15.1. The molecule has 1 saturated carbocycles. The van der Waals surface area contributed by atoms with E-state index in [1.165, 1.54) is 30.7 Å². The molecule has 2 rings (SSSR count). The highest BCUT2D eigenvalue weighted by atomic mass is 32.1. The highest BCUT2D eigenvalue weighted by molar-refractivity contribution is 7.80. The van der Waals surface area contributed by atoms with Gasteiger partial charge < -0.3 is 4.90 Å². The summed E-state index contributed by atoms with van der Waals surface area (Å²) >= 11 is 5.70. The summed E-state index contributed by atoms with van der Waals surface area (Å²) < 4.78 is 0. The van der Waals surface area contributed by atoms with Crippen molar-refractivity contribution in [1.82, 2.24) is 4.90 Å². The Morgan fingerprint density at radius 2 is 1.90 bits per heavy atom. The fourth-order valence-corrected chi connectivity index (χ4v) is 5.13. The molecule has 0 amide bonds. The molecule has 2 fully saturated rings. The molecule has 3 heteroatoms. The van der Waals surface area contributed by atoms with Gasteiger partial charge in [-0.2, -0.15) is 0 Å². The summed E-state index contributed by atoms with van der Waals surface area (Å²) in [5.74, 6) is 1.74. The first-order chi connectivity index (χ1) is 9.29. The maximum atomic E-state index is 6.88. The van der Waals surface area contributed by atoms with Gasteiger partial charge in [0.1, 0.15) is 0 Å². The van der Waals surface area contributed by atoms with Crippen molar-refractivity contribution in [3.05, 3.63) is 0 Å². The van der Waals surface area contributed by atoms with Gasteiger partial charge in [0.25, 0.3) is 0 Å². The second-order valence-electron chi connectivity index (χ2n) is 7.63. The van der Waals surface area contributed by atoms with Gasteiger partial charge in [0.2, 0.25) is 0 Å². The molecule has 0 aromatic rings. The number of hydrogen-bond donors (Lipinski definition) is 0. The quantitative estimate of drug-likeness (QED) is 0.540. The SMILES string of the molecule is [B]C1(C(C)C)CCCCC2C(CC(=S)N2C(C)C)C1C. The molecule has 2 radical (unpaired) electrons. The molecule has 4 atom stereocenters. The molecule has 20 heavy (non-hydrogen) atoms. The van der Waals surface area contributed by atoms with Crippen molar-refractivity contribution in [2.24, 2.45) is 17.8 Å². The molecule has 0 N–H and O–H groups in total. The molecule has 4 unspecified atom stereocenters. The standard InChI is InChI=1S/C17H30BNS/c1-11(2)17(18)9-7-6-8-15-14(13(17)5)10-16(20)19(15)12(3)4/h11-15H,6-10H2,1-5H3. The van der Waals surface area contributed by atoms with Crippen molar-refractivity contribution >= 4 is 25.1 Å². The van der Waals surface area contributed by atoms with E-state index in [1.54, 1.807) is 0 Å². The van der Waals surface area contributed by atoms with E-state index < -0.39 is 0 Å². The molecular formula is C17H30BNS. The highest BCUT2D eigenvalue weighted by Gasteiger charge is 2.47. The van der Waals surface area contributed by atoms with Crippen LogP contribution in [0.4, 0.5) is 0 Å². The fraction of sp³-hybridized carbons (Fsp3) is 0.941. The minimum absolute atomic E-state index is 0.0219. The van der Waals surface area contributed by atoms with Gasteiger partial charge in [0, 0.05) is 18.5 Å². The van der Waals surface area contributed by atoms with Gasteiger partial charge in [-0.15, -0.1) is 0 Å². The number of nitrogens with zero attached hydrogens (tertiary/aromatic N) is 1. The first kappa shape index (κ1) is 16.3. The van der Waals surface area contributed by atoms with Crippen LogP contribution in [-0.2, 0) is 0 Å². The van der Waals surface area contributed by atoms with Gasteiger partial charge in [-0.05, 0) is 38.0 Å². The maximum Gasteiger partial charge on any atom is 0.0787 e. The lowest BCUT2D eigenvalue weighted by Gasteiger charge is -2.47. The predicted molar refractivity (Wildman–Crippen MR) is 92.4 cm³/mol. The zero-order valence-electron chi connectivity index (χ0n) is 13.9. The highest BCUT2D eigenvalue weighted by Crippen LogP contribution is 2.53. The third-order valence-electron chi connectivity index (χ3n) is 6.03. The van der Waals surface area contributed by atoms with E-state index in [1.807, 2.05) is 0 Å². The number of thiocarbonyl (C=S) groups is 1. The van der Waals surface area contributed by atoms with Crippen LogP contribution in [0.2, 0.25) is 5.31 Å². The molecule has 0 aromatic heterocycles. The van der Waals surface area contributed by atoms with Crippen molar-refractivity contribution < 1.29 is 0 Å². The van der Waals surface area contributed by atoms with Crippen LogP contribution in [0.3, 0.4) is 0 Å². The van der Waals surface area contributed by atoms with Gasteiger partial charge in [-0.3, -0.25) is 0 Å². The van der Waals surface area contributed by atoms with E-state index in [2.05, 4.69) is 39.5 Å². The van der Waals surface area contributed by atoms with Crippen LogP contribution in [0.25, 0.3) is 0 Å². The molecule has 0 spiro atoms. The summed E-state index contributed by atoms with van der Waals surface area (Å²) in [7, 11) is 6.88. The molecule has 0 bridgehead atoms. The van der Waals surface area contributed by atoms with Crippen molar-refractivity contribution in [1.29, 1.82) is 0 Å². The monoisotopic (exact) mass is 291 g/mol. The van der Waals surface area contributed by atoms with E-state index in [9.17, 15) is 0 Å². The van der Waals surface area contributed by atoms with Gasteiger partial charge in [0.05, 0.1) is 12.8 Å². The Balaban J connectivity index is 2.31. The van der Waals surface area contributed by atoms with Gasteiger partial charge >= 0.3 is 0 Å². The molecule has 1 aliphatic carbocycles. The van der Waals surface area contributed by atoms with Crippen LogP contribution in [-0.4, -0.2) is 29.8 Å². The van der Waals surface area contributed by atoms with Crippen LogP contribution in [0, 0.1) is 17.8 Å². The van der Waals surface area contributed by atoms with Gasteiger partial charge in [-0.25, -0.2) is 0 Å². The van der Waals surface area contributed by atoms with E-state index in [4.69, 9.17) is 20.1 Å². The van der Waals surface area contributed by atoms with Crippen LogP contribution in [0.5, 0.6) is 0 Å². The lowest BCUT2D eigenvalue weighted by molar-refractivity contribution is 0.118. The Morgan fingerprint density at radius 1 is 1.25 bits per heavy atom. The minimum Gasteiger partial charge on any atom is -0.360 e. The first-order valence-corrected chi connectivity index (χ1v) is 8.80. The molecule has 112 valence electrons. The van der Waals surface area contributed by atoms with Gasteiger partial charge in [-0.1, -0.05) is 57.6 Å². The summed E-state index contributed by atoms with van der Waals surface area (Å²) in [5, 5.41) is -0.0219. The topological polar surface area (TPSA) is 3.24 Å². The average Bonchev–Trinajstić information content (AvgIpc) is 2.68. The van der Waals surface area contributed by atoms with Crippen LogP contribution < -0.4 is 0 Å². The number of fused-ring (bicyclic) bond motifs is 1. The normalized spacial score (nSPS) is 39.0. The number of rotatable bonds is 2. The van der Waals surface area contributed by atoms with Crippen LogP contribution in [0.1, 0.15) is 66.7 Å². The van der Waals surface area contributed by atoms with Crippen LogP contribution in [0.15, 0.2) is 0 Å². The summed E-state index contributed by atoms with van der Waals surface area (Å²) in [4.78, 5) is 3.69. The second kappa shape index (κ2) is 5.98. The van der Waals surface area contributed by atoms with Crippen molar-refractivity contribution in [2.75, 3.05) is 0 Å². The first-order valence-electron chi connectivity index (χ1n) is 8.39. The smallest absolute Gasteiger partial charge is 0.0787 e.